The fourth-order valence-corrected chi connectivity index (χ4v) is 9.72. The monoisotopic (exact) mass is 750 g/mol. The van der Waals surface area contributed by atoms with Gasteiger partial charge in [-0.3, -0.25) is 0 Å². The van der Waals surface area contributed by atoms with E-state index in [-0.39, 0.29) is 12.0 Å². The summed E-state index contributed by atoms with van der Waals surface area (Å²) in [5.74, 6) is 0.167. The van der Waals surface area contributed by atoms with Crippen molar-refractivity contribution in [1.82, 2.24) is 4.57 Å². The Bertz CT molecular complexity index is 2770. The van der Waals surface area contributed by atoms with E-state index in [1.54, 1.807) is 0 Å². The van der Waals surface area contributed by atoms with Gasteiger partial charge in [0.25, 0.3) is 0 Å². The SMILES string of the molecule is CCCCc1cccc(-c2ccccc2-n2c3c(c4ccccc42)C2c4ccccc4N(c4ccc(CCCC)cc4-c4ccc(-c5ccccc5)cc4)C2C=C3)c1. The Kier molecular flexibility index (Phi) is 9.63. The number of anilines is 2. The summed E-state index contributed by atoms with van der Waals surface area (Å²) < 4.78 is 2.54. The number of hydrogen-bond acceptors (Lipinski definition) is 1. The van der Waals surface area contributed by atoms with Crippen LogP contribution in [0.4, 0.5) is 11.4 Å². The molecule has 0 radical (unpaired) electrons. The Labute approximate surface area is 343 Å². The lowest BCUT2D eigenvalue weighted by Gasteiger charge is -2.33. The molecule has 8 aromatic rings. The van der Waals surface area contributed by atoms with E-state index < -0.39 is 0 Å². The number of para-hydroxylation sites is 3. The van der Waals surface area contributed by atoms with Crippen molar-refractivity contribution in [3.8, 4) is 39.1 Å². The highest BCUT2D eigenvalue weighted by atomic mass is 15.2. The fourth-order valence-electron chi connectivity index (χ4n) is 9.72. The van der Waals surface area contributed by atoms with E-state index in [9.17, 15) is 0 Å². The Hall–Kier alpha value is -6.38. The van der Waals surface area contributed by atoms with Crippen molar-refractivity contribution < 1.29 is 0 Å². The first-order valence-electron chi connectivity index (χ1n) is 21.4. The molecule has 1 aliphatic carbocycles. The van der Waals surface area contributed by atoms with Crippen LogP contribution in [0.3, 0.4) is 0 Å². The number of hydrogen-bond donors (Lipinski definition) is 0. The minimum Gasteiger partial charge on any atom is -0.333 e. The molecule has 2 heterocycles. The number of nitrogens with zero attached hydrogens (tertiary/aromatic N) is 2. The van der Waals surface area contributed by atoms with Crippen molar-refractivity contribution in [1.29, 1.82) is 0 Å². The Morgan fingerprint density at radius 2 is 1.14 bits per heavy atom. The largest absolute Gasteiger partial charge is 0.333 e. The van der Waals surface area contributed by atoms with Gasteiger partial charge in [0.15, 0.2) is 0 Å². The predicted octanol–water partition coefficient (Wildman–Crippen LogP) is 15.0. The molecule has 0 amide bonds. The molecule has 2 heteroatoms. The van der Waals surface area contributed by atoms with Crippen LogP contribution in [0.15, 0.2) is 176 Å². The maximum Gasteiger partial charge on any atom is 0.0637 e. The van der Waals surface area contributed by atoms with E-state index >= 15 is 0 Å². The van der Waals surface area contributed by atoms with Gasteiger partial charge in [-0.25, -0.2) is 0 Å². The lowest BCUT2D eigenvalue weighted by atomic mass is 9.82. The zero-order chi connectivity index (χ0) is 39.0. The first-order chi connectivity index (χ1) is 28.7. The van der Waals surface area contributed by atoms with Crippen LogP contribution in [0.25, 0.3) is 56.0 Å². The number of aromatic nitrogens is 1. The molecule has 0 bridgehead atoms. The van der Waals surface area contributed by atoms with Crippen LogP contribution >= 0.6 is 0 Å². The molecule has 2 atom stereocenters. The smallest absolute Gasteiger partial charge is 0.0637 e. The summed E-state index contributed by atoms with van der Waals surface area (Å²) in [4.78, 5) is 2.64. The van der Waals surface area contributed by atoms with Crippen molar-refractivity contribution in [3.05, 3.63) is 204 Å². The predicted molar refractivity (Wildman–Crippen MR) is 246 cm³/mol. The third kappa shape index (κ3) is 6.28. The number of unbranched alkanes of at least 4 members (excludes halogenated alkanes) is 2. The van der Waals surface area contributed by atoms with Crippen molar-refractivity contribution in [2.45, 2.75) is 64.3 Å². The fraction of sp³-hybridized carbons (Fsp3) is 0.179. The van der Waals surface area contributed by atoms with Gasteiger partial charge >= 0.3 is 0 Å². The van der Waals surface area contributed by atoms with E-state index in [0.29, 0.717) is 0 Å². The first-order valence-corrected chi connectivity index (χ1v) is 21.4. The van der Waals surface area contributed by atoms with Crippen molar-refractivity contribution >= 4 is 28.4 Å². The van der Waals surface area contributed by atoms with E-state index in [1.807, 2.05) is 0 Å². The number of rotatable bonds is 11. The van der Waals surface area contributed by atoms with Gasteiger partial charge < -0.3 is 9.47 Å². The second kappa shape index (κ2) is 15.5. The van der Waals surface area contributed by atoms with Crippen LogP contribution < -0.4 is 4.90 Å². The molecule has 2 unspecified atom stereocenters. The molecule has 284 valence electrons. The van der Waals surface area contributed by atoms with Crippen molar-refractivity contribution in [2.75, 3.05) is 4.90 Å². The van der Waals surface area contributed by atoms with Crippen molar-refractivity contribution in [2.24, 2.45) is 0 Å². The molecular weight excluding hydrogens is 701 g/mol. The maximum absolute atomic E-state index is 2.64. The molecule has 1 aromatic heterocycles. The standard InChI is InChI=1S/C56H50N2/c1-3-5-17-39-19-16-22-44(37-39)45-23-10-13-26-49(45)57-50-27-14-11-24-46(50)55-53(57)35-36-54-56(55)47-25-12-15-28-51(47)58(54)52-34-29-40(18-6-4-2)38-48(52)43-32-30-42(31-33-43)41-20-8-7-9-21-41/h7-16,19-38,54,56H,3-6,17-18H2,1-2H3. The highest BCUT2D eigenvalue weighted by Crippen LogP contribution is 2.55. The van der Waals surface area contributed by atoms with Crippen LogP contribution in [0.5, 0.6) is 0 Å². The maximum atomic E-state index is 2.64. The molecule has 2 aliphatic rings. The minimum atomic E-state index is 0.124. The summed E-state index contributed by atoms with van der Waals surface area (Å²) in [5, 5.41) is 1.33. The molecule has 2 nitrogen and oxygen atoms in total. The summed E-state index contributed by atoms with van der Waals surface area (Å²) in [5.41, 5.74) is 19.5. The summed E-state index contributed by atoms with van der Waals surface area (Å²) in [6, 6.07) is 63.7. The van der Waals surface area contributed by atoms with Crippen LogP contribution in [0.2, 0.25) is 0 Å². The van der Waals surface area contributed by atoms with Gasteiger partial charge in [-0.1, -0.05) is 172 Å². The van der Waals surface area contributed by atoms with Crippen LogP contribution in [0, 0.1) is 0 Å². The Morgan fingerprint density at radius 1 is 0.483 bits per heavy atom. The lowest BCUT2D eigenvalue weighted by Crippen LogP contribution is -2.31. The van der Waals surface area contributed by atoms with E-state index in [2.05, 4.69) is 205 Å². The van der Waals surface area contributed by atoms with E-state index in [4.69, 9.17) is 0 Å². The van der Waals surface area contributed by atoms with Gasteiger partial charge in [0.05, 0.1) is 22.9 Å². The average molecular weight is 751 g/mol. The average Bonchev–Trinajstić information content (AvgIpc) is 3.81. The van der Waals surface area contributed by atoms with Crippen LogP contribution in [-0.2, 0) is 12.8 Å². The first kappa shape index (κ1) is 36.0. The molecule has 0 fully saturated rings. The topological polar surface area (TPSA) is 8.17 Å². The minimum absolute atomic E-state index is 0.124. The third-order valence-corrected chi connectivity index (χ3v) is 12.5. The molecule has 58 heavy (non-hydrogen) atoms. The summed E-state index contributed by atoms with van der Waals surface area (Å²) >= 11 is 0. The number of benzene rings is 7. The molecule has 0 saturated carbocycles. The zero-order valence-corrected chi connectivity index (χ0v) is 33.6. The van der Waals surface area contributed by atoms with Gasteiger partial charge in [-0.05, 0) is 107 Å². The second-order valence-corrected chi connectivity index (χ2v) is 16.1. The molecule has 0 saturated heterocycles. The van der Waals surface area contributed by atoms with Gasteiger partial charge in [0.1, 0.15) is 0 Å². The van der Waals surface area contributed by atoms with Gasteiger partial charge in [-0.15, -0.1) is 0 Å². The molecule has 0 N–H and O–H groups in total. The van der Waals surface area contributed by atoms with Gasteiger partial charge in [-0.2, -0.15) is 0 Å². The van der Waals surface area contributed by atoms with Gasteiger partial charge in [0, 0.05) is 33.8 Å². The van der Waals surface area contributed by atoms with Crippen molar-refractivity contribution in [3.63, 3.8) is 0 Å². The number of fused-ring (bicyclic) bond motifs is 7. The molecule has 1 aliphatic heterocycles. The van der Waals surface area contributed by atoms with Crippen LogP contribution in [0.1, 0.15) is 73.4 Å². The lowest BCUT2D eigenvalue weighted by molar-refractivity contribution is 0.725. The molecule has 7 aromatic carbocycles. The summed E-state index contributed by atoms with van der Waals surface area (Å²) in [6.07, 6.45) is 11.9. The summed E-state index contributed by atoms with van der Waals surface area (Å²) in [7, 11) is 0. The second-order valence-electron chi connectivity index (χ2n) is 16.1. The highest BCUT2D eigenvalue weighted by Gasteiger charge is 2.44. The third-order valence-electron chi connectivity index (χ3n) is 12.5. The normalized spacial score (nSPS) is 15.4. The Morgan fingerprint density at radius 3 is 1.95 bits per heavy atom. The quantitative estimate of drug-likeness (QED) is 0.128. The van der Waals surface area contributed by atoms with E-state index in [0.717, 1.165) is 12.8 Å². The highest BCUT2D eigenvalue weighted by molar-refractivity contribution is 5.96. The Balaban J connectivity index is 1.12. The molecular formula is C56H50N2. The van der Waals surface area contributed by atoms with Crippen LogP contribution in [-0.4, -0.2) is 10.6 Å². The molecule has 10 rings (SSSR count). The molecule has 0 spiro atoms. The number of aryl methyl sites for hydroxylation is 2. The van der Waals surface area contributed by atoms with E-state index in [1.165, 1.54) is 115 Å². The summed E-state index contributed by atoms with van der Waals surface area (Å²) in [6.45, 7) is 4.55. The van der Waals surface area contributed by atoms with Gasteiger partial charge in [0.2, 0.25) is 0 Å². The zero-order valence-electron chi connectivity index (χ0n) is 33.6.